The van der Waals surface area contributed by atoms with Gasteiger partial charge in [0, 0.05) is 22.3 Å². The Balaban J connectivity index is 1.62. The van der Waals surface area contributed by atoms with Gasteiger partial charge >= 0.3 is 17.9 Å². The fraction of sp³-hybridized carbons (Fsp3) is 0. The Morgan fingerprint density at radius 2 is 0.840 bits per heavy atom. The van der Waals surface area contributed by atoms with Gasteiger partial charge in [0.15, 0.2) is 0 Å². The van der Waals surface area contributed by atoms with Crippen molar-refractivity contribution >= 4 is 48.7 Å². The first-order chi connectivity index (χ1) is 24.2. The third-order valence-electron chi connectivity index (χ3n) is 7.30. The lowest BCUT2D eigenvalue weighted by molar-refractivity contribution is -0.120. The van der Waals surface area contributed by atoms with Gasteiger partial charge in [-0.25, -0.2) is 14.4 Å². The smallest absolute Gasteiger partial charge is 0.335 e. The van der Waals surface area contributed by atoms with Crippen LogP contribution in [0.4, 0.5) is 0 Å². The number of ether oxygens (including phenoxy) is 1. The summed E-state index contributed by atoms with van der Waals surface area (Å²) in [5.41, 5.74) is 5.97. The average molecular weight is 659 g/mol. The molecule has 8 nitrogen and oxygen atoms in total. The fourth-order valence-electron chi connectivity index (χ4n) is 4.62. The van der Waals surface area contributed by atoms with E-state index in [9.17, 15) is 34.5 Å². The van der Waals surface area contributed by atoms with Crippen LogP contribution < -0.4 is 4.74 Å². The topological polar surface area (TPSA) is 138 Å². The molecule has 8 heteroatoms. The highest BCUT2D eigenvalue weighted by molar-refractivity contribution is 5.89. The van der Waals surface area contributed by atoms with Crippen LogP contribution in [0, 0.1) is 23.7 Å². The van der Waals surface area contributed by atoms with Crippen molar-refractivity contribution in [2.45, 2.75) is 0 Å². The number of carboxylic acids is 3. The normalized spacial score (nSPS) is 10.5. The second kappa shape index (κ2) is 15.9. The summed E-state index contributed by atoms with van der Waals surface area (Å²) >= 11 is 0. The van der Waals surface area contributed by atoms with E-state index in [1.807, 2.05) is 36.4 Å². The van der Waals surface area contributed by atoms with Crippen LogP contribution in [-0.2, 0) is 4.79 Å². The zero-order chi connectivity index (χ0) is 35.5. The SMILES string of the molecule is O=COc1ccc(/C=C/c2cc(C#Cc3ccc(C(=O)O)cc3)c(/C=C/c3ccc(C(=O)O)cc3)cc2C#Cc2ccc(C(=O)O)cc2)cc1. The molecule has 0 saturated heterocycles. The first-order valence-corrected chi connectivity index (χ1v) is 15.0. The number of carbonyl (C=O) groups excluding carboxylic acids is 1. The maximum absolute atomic E-state index is 11.3. The molecule has 0 bridgehead atoms. The van der Waals surface area contributed by atoms with E-state index < -0.39 is 17.9 Å². The molecule has 0 unspecified atom stereocenters. The highest BCUT2D eigenvalue weighted by Gasteiger charge is 2.07. The minimum Gasteiger partial charge on any atom is -0.478 e. The molecular formula is C42H26O8. The molecule has 0 aliphatic heterocycles. The Morgan fingerprint density at radius 1 is 0.480 bits per heavy atom. The Hall–Kier alpha value is -7.42. The summed E-state index contributed by atoms with van der Waals surface area (Å²) in [6, 6.07) is 29.5. The molecule has 0 radical (unpaired) electrons. The Morgan fingerprint density at radius 3 is 1.20 bits per heavy atom. The standard InChI is InChI=1S/C42H26O8/c43-27-50-39-23-11-31(12-24-39)10-22-38-26-36(20-8-29-3-15-33(16-4-29)41(46)47)35(19-7-28-1-13-32(14-2-28)40(44)45)25-37(38)21-9-30-5-17-34(18-6-30)42(48)49/h1-7,10-19,22-27H,(H,44,45)(H,46,47)(H,48,49)/b19-7+,22-10+. The first kappa shape index (κ1) is 33.9. The average Bonchev–Trinajstić information content (AvgIpc) is 3.13. The molecular weight excluding hydrogens is 632 g/mol. The van der Waals surface area contributed by atoms with Crippen LogP contribution in [0.1, 0.15) is 75.6 Å². The Kier molecular flexibility index (Phi) is 10.8. The number of hydrogen-bond acceptors (Lipinski definition) is 5. The van der Waals surface area contributed by atoms with Gasteiger partial charge in [0.05, 0.1) is 16.7 Å². The van der Waals surface area contributed by atoms with Crippen LogP contribution in [0.3, 0.4) is 0 Å². The molecule has 0 fully saturated rings. The summed E-state index contributed by atoms with van der Waals surface area (Å²) < 4.78 is 4.89. The van der Waals surface area contributed by atoms with Crippen molar-refractivity contribution in [2.75, 3.05) is 0 Å². The molecule has 0 atom stereocenters. The zero-order valence-electron chi connectivity index (χ0n) is 26.2. The van der Waals surface area contributed by atoms with Gasteiger partial charge in [0.1, 0.15) is 5.75 Å². The van der Waals surface area contributed by atoms with E-state index in [2.05, 4.69) is 23.7 Å². The van der Waals surface area contributed by atoms with Gasteiger partial charge in [-0.1, -0.05) is 72.3 Å². The second-order valence-electron chi connectivity index (χ2n) is 10.7. The molecule has 3 N–H and O–H groups in total. The molecule has 5 aromatic rings. The van der Waals surface area contributed by atoms with Gasteiger partial charge in [-0.2, -0.15) is 0 Å². The molecule has 0 saturated carbocycles. The summed E-state index contributed by atoms with van der Waals surface area (Å²) in [4.78, 5) is 44.6. The van der Waals surface area contributed by atoms with E-state index in [4.69, 9.17) is 4.74 Å². The molecule has 0 aliphatic rings. The minimum atomic E-state index is -1.04. The van der Waals surface area contributed by atoms with E-state index in [1.165, 1.54) is 36.4 Å². The van der Waals surface area contributed by atoms with Crippen molar-refractivity contribution in [3.8, 4) is 29.4 Å². The lowest BCUT2D eigenvalue weighted by Gasteiger charge is -2.07. The number of aromatic carboxylic acids is 3. The van der Waals surface area contributed by atoms with E-state index in [1.54, 1.807) is 60.7 Å². The van der Waals surface area contributed by atoms with Crippen molar-refractivity contribution in [2.24, 2.45) is 0 Å². The van der Waals surface area contributed by atoms with E-state index in [0.29, 0.717) is 40.0 Å². The molecule has 0 aromatic heterocycles. The third-order valence-corrected chi connectivity index (χ3v) is 7.30. The highest BCUT2D eigenvalue weighted by atomic mass is 16.5. The van der Waals surface area contributed by atoms with E-state index in [0.717, 1.165) is 16.7 Å². The van der Waals surface area contributed by atoms with Gasteiger partial charge in [-0.3, -0.25) is 4.79 Å². The quantitative estimate of drug-likeness (QED) is 0.0843. The van der Waals surface area contributed by atoms with Crippen molar-refractivity contribution in [1.29, 1.82) is 0 Å². The first-order valence-electron chi connectivity index (χ1n) is 15.0. The molecule has 5 aromatic carbocycles. The van der Waals surface area contributed by atoms with Crippen LogP contribution in [0.25, 0.3) is 24.3 Å². The van der Waals surface area contributed by atoms with Crippen LogP contribution in [0.15, 0.2) is 109 Å². The second-order valence-corrected chi connectivity index (χ2v) is 10.7. The summed E-state index contributed by atoms with van der Waals surface area (Å²) in [5, 5.41) is 27.8. The molecule has 0 spiro atoms. The maximum Gasteiger partial charge on any atom is 0.335 e. The molecule has 50 heavy (non-hydrogen) atoms. The predicted octanol–water partition coefficient (Wildman–Crippen LogP) is 7.46. The van der Waals surface area contributed by atoms with Gasteiger partial charge in [0.25, 0.3) is 6.47 Å². The Bertz CT molecular complexity index is 2250. The van der Waals surface area contributed by atoms with Crippen LogP contribution in [0.5, 0.6) is 5.75 Å². The number of benzene rings is 5. The van der Waals surface area contributed by atoms with Gasteiger partial charge in [0.2, 0.25) is 0 Å². The molecule has 5 rings (SSSR count). The van der Waals surface area contributed by atoms with Gasteiger partial charge in [-0.05, 0) is 107 Å². The minimum absolute atomic E-state index is 0.145. The van der Waals surface area contributed by atoms with Crippen molar-refractivity contribution in [3.63, 3.8) is 0 Å². The predicted molar refractivity (Wildman–Crippen MR) is 190 cm³/mol. The van der Waals surface area contributed by atoms with Gasteiger partial charge in [-0.15, -0.1) is 0 Å². The maximum atomic E-state index is 11.3. The molecule has 0 heterocycles. The molecule has 0 amide bonds. The van der Waals surface area contributed by atoms with Crippen molar-refractivity contribution in [1.82, 2.24) is 0 Å². The Labute approximate surface area is 287 Å². The largest absolute Gasteiger partial charge is 0.478 e. The number of carboxylic acid groups (broad SMARTS) is 3. The van der Waals surface area contributed by atoms with E-state index in [-0.39, 0.29) is 16.7 Å². The summed E-state index contributed by atoms with van der Waals surface area (Å²) in [7, 11) is 0. The van der Waals surface area contributed by atoms with E-state index >= 15 is 0 Å². The van der Waals surface area contributed by atoms with Crippen LogP contribution >= 0.6 is 0 Å². The van der Waals surface area contributed by atoms with Crippen molar-refractivity contribution < 1.29 is 39.2 Å². The number of carbonyl (C=O) groups is 4. The third kappa shape index (κ3) is 9.10. The van der Waals surface area contributed by atoms with Crippen LogP contribution in [0.2, 0.25) is 0 Å². The summed E-state index contributed by atoms with van der Waals surface area (Å²) in [6.07, 6.45) is 7.42. The fourth-order valence-corrected chi connectivity index (χ4v) is 4.62. The lowest BCUT2D eigenvalue weighted by atomic mass is 9.96. The molecule has 0 aliphatic carbocycles. The van der Waals surface area contributed by atoms with Crippen molar-refractivity contribution in [3.05, 3.63) is 170 Å². The lowest BCUT2D eigenvalue weighted by Crippen LogP contribution is -1.95. The van der Waals surface area contributed by atoms with Gasteiger partial charge < -0.3 is 20.1 Å². The molecule has 242 valence electrons. The number of rotatable bonds is 9. The number of hydrogen-bond donors (Lipinski definition) is 3. The van der Waals surface area contributed by atoms with Crippen LogP contribution in [-0.4, -0.2) is 39.7 Å². The monoisotopic (exact) mass is 658 g/mol. The highest BCUT2D eigenvalue weighted by Crippen LogP contribution is 2.23. The summed E-state index contributed by atoms with van der Waals surface area (Å²) in [6.45, 7) is 0.356. The summed E-state index contributed by atoms with van der Waals surface area (Å²) in [5.74, 6) is 9.93. The zero-order valence-corrected chi connectivity index (χ0v) is 26.2.